The summed E-state index contributed by atoms with van der Waals surface area (Å²) in [4.78, 5) is 12.4. The van der Waals surface area contributed by atoms with E-state index in [9.17, 15) is 13.2 Å². The van der Waals surface area contributed by atoms with E-state index in [-0.39, 0.29) is 23.3 Å². The summed E-state index contributed by atoms with van der Waals surface area (Å²) in [5, 5.41) is 3.20. The molecule has 3 rings (SSSR count). The Morgan fingerprint density at radius 1 is 1.23 bits per heavy atom. The van der Waals surface area contributed by atoms with Crippen molar-refractivity contribution in [3.63, 3.8) is 0 Å². The Labute approximate surface area is 157 Å². The summed E-state index contributed by atoms with van der Waals surface area (Å²) in [5.41, 5.74) is 0.980. The van der Waals surface area contributed by atoms with E-state index in [4.69, 9.17) is 16.3 Å². The molecule has 2 N–H and O–H groups in total. The number of amides is 1. The van der Waals surface area contributed by atoms with Crippen molar-refractivity contribution in [3.05, 3.63) is 53.1 Å². The highest BCUT2D eigenvalue weighted by molar-refractivity contribution is 7.89. The summed E-state index contributed by atoms with van der Waals surface area (Å²) >= 11 is 6.08. The molecule has 1 saturated carbocycles. The highest BCUT2D eigenvalue weighted by Gasteiger charge is 2.28. The highest BCUT2D eigenvalue weighted by atomic mass is 35.5. The fraction of sp³-hybridized carbons (Fsp3) is 0.278. The maximum absolute atomic E-state index is 12.4. The average molecular weight is 395 g/mol. The van der Waals surface area contributed by atoms with Gasteiger partial charge in [0.1, 0.15) is 5.75 Å². The molecule has 138 valence electrons. The lowest BCUT2D eigenvalue weighted by molar-refractivity contribution is -0.115. The first-order valence-corrected chi connectivity index (χ1v) is 9.99. The fourth-order valence-electron chi connectivity index (χ4n) is 2.45. The molecule has 1 aliphatic rings. The number of hydrogen-bond donors (Lipinski definition) is 2. The number of carbonyl (C=O) groups excluding carboxylic acids is 1. The van der Waals surface area contributed by atoms with Crippen molar-refractivity contribution in [3.8, 4) is 5.75 Å². The van der Waals surface area contributed by atoms with Crippen LogP contribution >= 0.6 is 11.6 Å². The van der Waals surface area contributed by atoms with Crippen LogP contribution in [-0.2, 0) is 21.2 Å². The summed E-state index contributed by atoms with van der Waals surface area (Å²) in [6, 6.07) is 11.4. The molecule has 26 heavy (non-hydrogen) atoms. The Bertz CT molecular complexity index is 927. The van der Waals surface area contributed by atoms with Crippen LogP contribution in [-0.4, -0.2) is 27.5 Å². The van der Waals surface area contributed by atoms with Crippen LogP contribution in [0.1, 0.15) is 18.4 Å². The third-order valence-electron chi connectivity index (χ3n) is 3.96. The zero-order valence-corrected chi connectivity index (χ0v) is 15.7. The lowest BCUT2D eigenvalue weighted by Gasteiger charge is -2.13. The van der Waals surface area contributed by atoms with E-state index in [0.717, 1.165) is 12.8 Å². The zero-order chi connectivity index (χ0) is 18.7. The first-order chi connectivity index (χ1) is 12.4. The number of hydrogen-bond acceptors (Lipinski definition) is 4. The van der Waals surface area contributed by atoms with Crippen LogP contribution in [0.3, 0.4) is 0 Å². The summed E-state index contributed by atoms with van der Waals surface area (Å²) in [6.07, 6.45) is 1.76. The Balaban J connectivity index is 1.80. The molecule has 1 aliphatic carbocycles. The van der Waals surface area contributed by atoms with Gasteiger partial charge in [0.05, 0.1) is 24.1 Å². The van der Waals surface area contributed by atoms with Gasteiger partial charge in [-0.15, -0.1) is 0 Å². The van der Waals surface area contributed by atoms with Crippen LogP contribution in [0.15, 0.2) is 47.4 Å². The molecule has 1 amide bonds. The molecule has 1 fully saturated rings. The molecule has 0 unspecified atom stereocenters. The third kappa shape index (κ3) is 4.55. The fourth-order valence-corrected chi connectivity index (χ4v) is 3.98. The molecule has 0 bridgehead atoms. The van der Waals surface area contributed by atoms with Gasteiger partial charge in [-0.25, -0.2) is 13.1 Å². The van der Waals surface area contributed by atoms with Crippen molar-refractivity contribution >= 4 is 33.2 Å². The Morgan fingerprint density at radius 3 is 2.62 bits per heavy atom. The van der Waals surface area contributed by atoms with E-state index < -0.39 is 10.0 Å². The van der Waals surface area contributed by atoms with E-state index >= 15 is 0 Å². The Hall–Kier alpha value is -2.09. The number of carbonyl (C=O) groups is 1. The van der Waals surface area contributed by atoms with Crippen LogP contribution in [0.25, 0.3) is 0 Å². The summed E-state index contributed by atoms with van der Waals surface area (Å²) in [7, 11) is -2.17. The van der Waals surface area contributed by atoms with Crippen LogP contribution in [0.4, 0.5) is 5.69 Å². The van der Waals surface area contributed by atoms with Crippen LogP contribution in [0.5, 0.6) is 5.75 Å². The van der Waals surface area contributed by atoms with Gasteiger partial charge in [0.2, 0.25) is 15.9 Å². The van der Waals surface area contributed by atoms with E-state index in [2.05, 4.69) is 10.0 Å². The predicted octanol–water partition coefficient (Wildman–Crippen LogP) is 2.97. The maximum Gasteiger partial charge on any atom is 0.240 e. The van der Waals surface area contributed by atoms with Crippen LogP contribution in [0.2, 0.25) is 5.02 Å². The van der Waals surface area contributed by atoms with Crippen molar-refractivity contribution in [2.45, 2.75) is 30.2 Å². The first-order valence-electron chi connectivity index (χ1n) is 8.12. The normalized spacial score (nSPS) is 14.1. The second-order valence-electron chi connectivity index (χ2n) is 6.07. The van der Waals surface area contributed by atoms with Crippen LogP contribution < -0.4 is 14.8 Å². The van der Waals surface area contributed by atoms with Crippen molar-refractivity contribution in [1.82, 2.24) is 4.72 Å². The van der Waals surface area contributed by atoms with E-state index in [1.165, 1.54) is 25.3 Å². The molecular weight excluding hydrogens is 376 g/mol. The number of anilines is 1. The smallest absolute Gasteiger partial charge is 0.240 e. The minimum absolute atomic E-state index is 0.000338. The molecule has 0 aliphatic heterocycles. The van der Waals surface area contributed by atoms with Crippen molar-refractivity contribution in [2.24, 2.45) is 0 Å². The number of methoxy groups -OCH3 is 1. The molecule has 8 heteroatoms. The van der Waals surface area contributed by atoms with Crippen molar-refractivity contribution in [2.75, 3.05) is 12.4 Å². The minimum atomic E-state index is -3.62. The first kappa shape index (κ1) is 18.7. The molecule has 0 spiro atoms. The van der Waals surface area contributed by atoms with Crippen molar-refractivity contribution in [1.29, 1.82) is 0 Å². The van der Waals surface area contributed by atoms with Crippen molar-refractivity contribution < 1.29 is 17.9 Å². The minimum Gasteiger partial charge on any atom is -0.495 e. The third-order valence-corrected chi connectivity index (χ3v) is 5.85. The van der Waals surface area contributed by atoms with E-state index in [1.54, 1.807) is 24.3 Å². The SMILES string of the molecule is COc1ccc(S(=O)(=O)NC2CC2)cc1NC(=O)Cc1ccccc1Cl. The summed E-state index contributed by atoms with van der Waals surface area (Å²) < 4.78 is 32.6. The van der Waals surface area contributed by atoms with E-state index in [1.807, 2.05) is 0 Å². The average Bonchev–Trinajstić information content (AvgIpc) is 3.40. The lowest BCUT2D eigenvalue weighted by Crippen LogP contribution is -2.26. The summed E-state index contributed by atoms with van der Waals surface area (Å²) in [5.74, 6) is 0.0592. The molecule has 0 heterocycles. The molecule has 0 saturated heterocycles. The van der Waals surface area contributed by atoms with Gasteiger partial charge in [0.25, 0.3) is 0 Å². The number of benzene rings is 2. The van der Waals surface area contributed by atoms with Crippen LogP contribution in [0, 0.1) is 0 Å². The molecule has 2 aromatic rings. The van der Waals surface area contributed by atoms with Gasteiger partial charge in [-0.2, -0.15) is 0 Å². The lowest BCUT2D eigenvalue weighted by atomic mass is 10.1. The predicted molar refractivity (Wildman–Crippen MR) is 100 cm³/mol. The van der Waals surface area contributed by atoms with Gasteiger partial charge in [-0.1, -0.05) is 29.8 Å². The molecule has 0 aromatic heterocycles. The van der Waals surface area contributed by atoms with Gasteiger partial charge in [0, 0.05) is 11.1 Å². The van der Waals surface area contributed by atoms with Gasteiger partial charge in [-0.3, -0.25) is 4.79 Å². The van der Waals surface area contributed by atoms with Gasteiger partial charge in [-0.05, 0) is 42.7 Å². The second kappa shape index (κ2) is 7.65. The topological polar surface area (TPSA) is 84.5 Å². The molecule has 0 radical (unpaired) electrons. The molecule has 2 aromatic carbocycles. The monoisotopic (exact) mass is 394 g/mol. The largest absolute Gasteiger partial charge is 0.495 e. The molecule has 6 nitrogen and oxygen atoms in total. The van der Waals surface area contributed by atoms with Gasteiger partial charge < -0.3 is 10.1 Å². The second-order valence-corrected chi connectivity index (χ2v) is 8.20. The Morgan fingerprint density at radius 2 is 1.96 bits per heavy atom. The zero-order valence-electron chi connectivity index (χ0n) is 14.2. The van der Waals surface area contributed by atoms with Gasteiger partial charge >= 0.3 is 0 Å². The van der Waals surface area contributed by atoms with E-state index in [0.29, 0.717) is 22.0 Å². The molecular formula is C18H19ClN2O4S. The van der Waals surface area contributed by atoms with Gasteiger partial charge in [0.15, 0.2) is 0 Å². The number of rotatable bonds is 7. The number of halogens is 1. The highest BCUT2D eigenvalue weighted by Crippen LogP contribution is 2.29. The number of sulfonamides is 1. The standard InChI is InChI=1S/C18H19ClN2O4S/c1-25-17-9-8-14(26(23,24)21-13-6-7-13)11-16(17)20-18(22)10-12-4-2-3-5-15(12)19/h2-5,8-9,11,13,21H,6-7,10H2,1H3,(H,20,22). The Kier molecular flexibility index (Phi) is 5.50. The number of nitrogens with one attached hydrogen (secondary N) is 2. The summed E-state index contributed by atoms with van der Waals surface area (Å²) in [6.45, 7) is 0. The molecule has 0 atom stereocenters. The maximum atomic E-state index is 12.4. The quantitative estimate of drug-likeness (QED) is 0.756. The number of ether oxygens (including phenoxy) is 1.